The Hall–Kier alpha value is -3.02. The molecule has 1 heterocycles. The largest absolute Gasteiger partial charge is 0.454 e. The van der Waals surface area contributed by atoms with Crippen LogP contribution in [0.25, 0.3) is 0 Å². The van der Waals surface area contributed by atoms with Crippen LogP contribution in [0.3, 0.4) is 0 Å². The van der Waals surface area contributed by atoms with Gasteiger partial charge in [0.2, 0.25) is 16.8 Å². The van der Waals surface area contributed by atoms with Crippen LogP contribution in [0.15, 0.2) is 47.4 Å². The molecule has 1 aliphatic heterocycles. The summed E-state index contributed by atoms with van der Waals surface area (Å²) in [5.74, 6) is 1.44. The van der Waals surface area contributed by atoms with Crippen LogP contribution >= 0.6 is 0 Å². The number of sulfonamides is 1. The summed E-state index contributed by atoms with van der Waals surface area (Å²) in [6.07, 6.45) is 1.75. The molecule has 10 nitrogen and oxygen atoms in total. The smallest absolute Gasteiger partial charge is 0.315 e. The molecule has 2 aromatic carbocycles. The summed E-state index contributed by atoms with van der Waals surface area (Å²) >= 11 is 0. The third kappa shape index (κ3) is 7.49. The Balaban J connectivity index is 1.46. The lowest BCUT2D eigenvalue weighted by Crippen LogP contribution is -2.44. The molecule has 2 amide bonds. The molecule has 5 N–H and O–H groups in total. The first-order valence-electron chi connectivity index (χ1n) is 12.1. The van der Waals surface area contributed by atoms with Crippen molar-refractivity contribution in [2.45, 2.75) is 50.6 Å². The number of unbranched alkanes of at least 4 members (excludes halogenated alkanes) is 1. The van der Waals surface area contributed by atoms with E-state index in [9.17, 15) is 18.3 Å². The lowest BCUT2D eigenvalue weighted by Gasteiger charge is -2.31. The van der Waals surface area contributed by atoms with E-state index in [0.29, 0.717) is 56.1 Å². The molecule has 0 aromatic heterocycles. The Morgan fingerprint density at radius 3 is 2.50 bits per heavy atom. The second-order valence-electron chi connectivity index (χ2n) is 9.17. The summed E-state index contributed by atoms with van der Waals surface area (Å²) in [5, 5.41) is 15.6. The number of carbonyl (C=O) groups is 1. The van der Waals surface area contributed by atoms with Gasteiger partial charge in [-0.15, -0.1) is 0 Å². The number of hydrogen-bond donors (Lipinski definition) is 4. The van der Waals surface area contributed by atoms with Crippen molar-refractivity contribution in [3.05, 3.63) is 48.0 Å². The maximum absolute atomic E-state index is 13.3. The van der Waals surface area contributed by atoms with Gasteiger partial charge >= 0.3 is 6.03 Å². The zero-order valence-electron chi connectivity index (χ0n) is 20.8. The molecule has 11 heteroatoms. The van der Waals surface area contributed by atoms with E-state index in [2.05, 4.69) is 10.6 Å². The second kappa shape index (κ2) is 12.8. The first-order chi connectivity index (χ1) is 17.2. The number of carbonyl (C=O) groups excluding carboxylic acids is 1. The number of benzene rings is 2. The van der Waals surface area contributed by atoms with Crippen molar-refractivity contribution < 1.29 is 27.8 Å². The van der Waals surface area contributed by atoms with Crippen LogP contribution in [0.4, 0.5) is 10.5 Å². The molecule has 0 spiro atoms. The summed E-state index contributed by atoms with van der Waals surface area (Å²) in [4.78, 5) is 12.3. The van der Waals surface area contributed by atoms with Gasteiger partial charge in [-0.05, 0) is 60.7 Å². The number of hydrogen-bond acceptors (Lipinski definition) is 7. The highest BCUT2D eigenvalue weighted by Crippen LogP contribution is 2.32. The average molecular weight is 521 g/mol. The zero-order valence-corrected chi connectivity index (χ0v) is 21.6. The number of rotatable bonds is 13. The molecule has 0 saturated carbocycles. The van der Waals surface area contributed by atoms with E-state index in [1.807, 2.05) is 32.0 Å². The van der Waals surface area contributed by atoms with Crippen LogP contribution in [0.1, 0.15) is 38.7 Å². The molecule has 1 aliphatic rings. The molecule has 0 bridgehead atoms. The van der Waals surface area contributed by atoms with Gasteiger partial charge < -0.3 is 30.9 Å². The third-order valence-corrected chi connectivity index (χ3v) is 7.72. The maximum atomic E-state index is 13.3. The van der Waals surface area contributed by atoms with E-state index in [-0.39, 0.29) is 30.2 Å². The Labute approximate surface area is 212 Å². The highest BCUT2D eigenvalue weighted by molar-refractivity contribution is 7.89. The molecule has 0 fully saturated rings. The summed E-state index contributed by atoms with van der Waals surface area (Å²) in [6.45, 7) is 4.86. The predicted molar refractivity (Wildman–Crippen MR) is 137 cm³/mol. The number of fused-ring (bicyclic) bond motifs is 1. The van der Waals surface area contributed by atoms with Crippen LogP contribution in [-0.4, -0.2) is 56.4 Å². The van der Waals surface area contributed by atoms with Crippen molar-refractivity contribution in [1.82, 2.24) is 14.9 Å². The van der Waals surface area contributed by atoms with E-state index < -0.39 is 16.1 Å². The van der Waals surface area contributed by atoms with Crippen molar-refractivity contribution in [2.75, 3.05) is 32.2 Å². The fraction of sp³-hybridized carbons (Fsp3) is 0.480. The second-order valence-corrected chi connectivity index (χ2v) is 11.1. The number of aliphatic hydroxyl groups excluding tert-OH is 1. The first-order valence-corrected chi connectivity index (χ1v) is 13.5. The van der Waals surface area contributed by atoms with E-state index in [1.54, 1.807) is 12.1 Å². The number of nitrogen functional groups attached to an aromatic ring is 1. The van der Waals surface area contributed by atoms with E-state index >= 15 is 0 Å². The minimum absolute atomic E-state index is 0.0812. The summed E-state index contributed by atoms with van der Waals surface area (Å²) in [5.41, 5.74) is 7.08. The number of nitrogens with one attached hydrogen (secondary N) is 2. The van der Waals surface area contributed by atoms with Crippen molar-refractivity contribution >= 4 is 21.7 Å². The van der Waals surface area contributed by atoms with E-state index in [0.717, 1.165) is 5.56 Å². The van der Waals surface area contributed by atoms with Gasteiger partial charge in [0.15, 0.2) is 11.5 Å². The van der Waals surface area contributed by atoms with Gasteiger partial charge in [0.05, 0.1) is 11.5 Å². The van der Waals surface area contributed by atoms with Gasteiger partial charge in [0.1, 0.15) is 0 Å². The van der Waals surface area contributed by atoms with Gasteiger partial charge in [-0.1, -0.05) is 26.3 Å². The fourth-order valence-electron chi connectivity index (χ4n) is 3.91. The number of amides is 2. The van der Waals surface area contributed by atoms with Crippen molar-refractivity contribution in [2.24, 2.45) is 5.92 Å². The number of anilines is 1. The molecule has 2 aromatic rings. The van der Waals surface area contributed by atoms with Gasteiger partial charge in [-0.2, -0.15) is 4.31 Å². The lowest BCUT2D eigenvalue weighted by molar-refractivity contribution is 0.168. The number of aliphatic hydroxyl groups is 1. The van der Waals surface area contributed by atoms with Crippen molar-refractivity contribution in [1.29, 1.82) is 0 Å². The van der Waals surface area contributed by atoms with Crippen molar-refractivity contribution in [3.63, 3.8) is 0 Å². The summed E-state index contributed by atoms with van der Waals surface area (Å²) < 4.78 is 38.6. The van der Waals surface area contributed by atoms with E-state index in [4.69, 9.17) is 15.2 Å². The van der Waals surface area contributed by atoms with Gasteiger partial charge in [0.25, 0.3) is 0 Å². The Morgan fingerprint density at radius 1 is 1.08 bits per heavy atom. The minimum atomic E-state index is -3.80. The standard InChI is InChI=1S/C25H36N4O6S/c1-18(2)15-29(36(32,33)22-9-7-20(26)8-10-22)21(16-30)5-3-4-12-27-25(31)28-14-19-6-11-23-24(13-19)35-17-34-23/h6-11,13,18,21,30H,3-5,12,14-17,26H2,1-2H3,(H2,27,28,31)/t21-/m0/s1. The number of ether oxygens (including phenoxy) is 2. The van der Waals surface area contributed by atoms with Gasteiger partial charge in [0, 0.05) is 31.4 Å². The van der Waals surface area contributed by atoms with Crippen molar-refractivity contribution in [3.8, 4) is 11.5 Å². The first kappa shape index (κ1) is 27.6. The number of nitrogens with two attached hydrogens (primary N) is 1. The Morgan fingerprint density at radius 2 is 1.81 bits per heavy atom. The molecular formula is C25H36N4O6S. The summed E-state index contributed by atoms with van der Waals surface area (Å²) in [6, 6.07) is 10.7. The highest BCUT2D eigenvalue weighted by Gasteiger charge is 2.31. The molecule has 3 rings (SSSR count). The highest BCUT2D eigenvalue weighted by atomic mass is 32.2. The van der Waals surface area contributed by atoms with Crippen LogP contribution in [0, 0.1) is 5.92 Å². The monoisotopic (exact) mass is 520 g/mol. The molecule has 0 aliphatic carbocycles. The van der Waals surface area contributed by atoms with E-state index in [1.165, 1.54) is 16.4 Å². The fourth-order valence-corrected chi connectivity index (χ4v) is 5.72. The molecule has 0 saturated heterocycles. The maximum Gasteiger partial charge on any atom is 0.315 e. The SMILES string of the molecule is CC(C)CN([C@H](CO)CCCCNC(=O)NCc1ccc2c(c1)OCO2)S(=O)(=O)c1ccc(N)cc1. The molecule has 0 unspecified atom stereocenters. The van der Waals surface area contributed by atoms with Crippen LogP contribution < -0.4 is 25.8 Å². The quantitative estimate of drug-likeness (QED) is 0.235. The zero-order chi connectivity index (χ0) is 26.1. The molecule has 1 atom stereocenters. The Bertz CT molecular complexity index is 1110. The van der Waals surface area contributed by atoms with Gasteiger partial charge in [-0.25, -0.2) is 13.2 Å². The third-order valence-electron chi connectivity index (χ3n) is 5.79. The topological polar surface area (TPSA) is 143 Å². The van der Waals surface area contributed by atoms with Gasteiger partial charge in [-0.3, -0.25) is 0 Å². The van der Waals surface area contributed by atoms with Crippen LogP contribution in [-0.2, 0) is 16.6 Å². The number of nitrogens with zero attached hydrogens (tertiary/aromatic N) is 1. The molecule has 36 heavy (non-hydrogen) atoms. The minimum Gasteiger partial charge on any atom is -0.454 e. The van der Waals surface area contributed by atoms with Crippen LogP contribution in [0.2, 0.25) is 0 Å². The predicted octanol–water partition coefficient (Wildman–Crippen LogP) is 2.67. The number of urea groups is 1. The molecular weight excluding hydrogens is 484 g/mol. The van der Waals surface area contributed by atoms with Crippen LogP contribution in [0.5, 0.6) is 11.5 Å². The molecule has 0 radical (unpaired) electrons. The lowest BCUT2D eigenvalue weighted by atomic mass is 10.1. The molecule has 198 valence electrons. The Kier molecular flexibility index (Phi) is 9.80. The summed E-state index contributed by atoms with van der Waals surface area (Å²) in [7, 11) is -3.80. The average Bonchev–Trinajstić information content (AvgIpc) is 3.32. The normalized spacial score (nSPS) is 13.7.